The summed E-state index contributed by atoms with van der Waals surface area (Å²) in [6, 6.07) is 11.6. The molecule has 0 saturated carbocycles. The Morgan fingerprint density at radius 1 is 0.963 bits per heavy atom. The fourth-order valence-electron chi connectivity index (χ4n) is 3.08. The van der Waals surface area contributed by atoms with Crippen LogP contribution in [0, 0.1) is 11.6 Å². The molecule has 1 aromatic heterocycles. The topological polar surface area (TPSA) is 58.1 Å². The maximum absolute atomic E-state index is 13.7. The molecule has 2 heterocycles. The third kappa shape index (κ3) is 3.48. The second-order valence-corrected chi connectivity index (χ2v) is 6.25. The monoisotopic (exact) mass is 366 g/mol. The number of rotatable bonds is 3. The van der Waals surface area contributed by atoms with Crippen LogP contribution in [0.5, 0.6) is 0 Å². The van der Waals surface area contributed by atoms with Crippen LogP contribution in [-0.4, -0.2) is 27.3 Å². The number of hydrogen-bond acceptors (Lipinski definition) is 4. The number of nitrogens with one attached hydrogen (secondary N) is 1. The quantitative estimate of drug-likeness (QED) is 0.768. The smallest absolute Gasteiger partial charge is 0.274 e. The van der Waals surface area contributed by atoms with E-state index >= 15 is 0 Å². The molecule has 0 unspecified atom stereocenters. The van der Waals surface area contributed by atoms with Crippen LogP contribution >= 0.6 is 0 Å². The predicted octanol–water partition coefficient (Wildman–Crippen LogP) is 3.70. The highest BCUT2D eigenvalue weighted by molar-refractivity contribution is 5.92. The molecule has 7 heteroatoms. The van der Waals surface area contributed by atoms with Gasteiger partial charge in [0, 0.05) is 13.1 Å². The van der Waals surface area contributed by atoms with Crippen molar-refractivity contribution in [2.75, 3.05) is 11.9 Å². The number of fused-ring (bicyclic) bond motifs is 1. The average molecular weight is 366 g/mol. The van der Waals surface area contributed by atoms with Crippen LogP contribution in [0.1, 0.15) is 21.6 Å². The van der Waals surface area contributed by atoms with Crippen molar-refractivity contribution in [1.82, 2.24) is 14.9 Å². The second-order valence-electron chi connectivity index (χ2n) is 6.25. The normalized spacial score (nSPS) is 13.2. The van der Waals surface area contributed by atoms with E-state index in [0.717, 1.165) is 24.1 Å². The number of aromatic nitrogens is 2. The molecule has 0 radical (unpaired) electrons. The first-order valence-electron chi connectivity index (χ1n) is 8.51. The standard InChI is InChI=1S/C20H16F2N4O/c21-15-6-3-7-16(22)19(15)25-18-11-23-17(10-24-18)20(27)26-9-8-13-4-1-2-5-14(13)12-26/h1-7,10-11H,8-9,12H2,(H,24,25). The molecule has 4 rings (SSSR count). The summed E-state index contributed by atoms with van der Waals surface area (Å²) in [7, 11) is 0. The first-order chi connectivity index (χ1) is 13.1. The van der Waals surface area contributed by atoms with Gasteiger partial charge in [-0.05, 0) is 29.7 Å². The third-order valence-corrected chi connectivity index (χ3v) is 4.50. The molecule has 1 amide bonds. The summed E-state index contributed by atoms with van der Waals surface area (Å²) >= 11 is 0. The highest BCUT2D eigenvalue weighted by Gasteiger charge is 2.22. The Hall–Kier alpha value is -3.35. The van der Waals surface area contributed by atoms with Crippen molar-refractivity contribution in [3.63, 3.8) is 0 Å². The van der Waals surface area contributed by atoms with Crippen molar-refractivity contribution >= 4 is 17.4 Å². The maximum atomic E-state index is 13.7. The average Bonchev–Trinajstić information content (AvgIpc) is 2.70. The Bertz CT molecular complexity index is 971. The largest absolute Gasteiger partial charge is 0.334 e. The molecule has 0 spiro atoms. The van der Waals surface area contributed by atoms with Gasteiger partial charge < -0.3 is 10.2 Å². The summed E-state index contributed by atoms with van der Waals surface area (Å²) < 4.78 is 27.4. The highest BCUT2D eigenvalue weighted by atomic mass is 19.1. The Balaban J connectivity index is 1.48. The molecule has 1 aliphatic heterocycles. The van der Waals surface area contributed by atoms with Crippen molar-refractivity contribution < 1.29 is 13.6 Å². The van der Waals surface area contributed by atoms with Gasteiger partial charge in [0.15, 0.2) is 0 Å². The lowest BCUT2D eigenvalue weighted by Crippen LogP contribution is -2.36. The Kier molecular flexibility index (Phi) is 4.50. The summed E-state index contributed by atoms with van der Waals surface area (Å²) in [4.78, 5) is 22.6. The maximum Gasteiger partial charge on any atom is 0.274 e. The van der Waals surface area contributed by atoms with E-state index in [4.69, 9.17) is 0 Å². The van der Waals surface area contributed by atoms with Gasteiger partial charge in [-0.2, -0.15) is 0 Å². The molecule has 0 aliphatic carbocycles. The van der Waals surface area contributed by atoms with Crippen LogP contribution in [0.15, 0.2) is 54.9 Å². The number of benzene rings is 2. The molecule has 3 aromatic rings. The van der Waals surface area contributed by atoms with Crippen LogP contribution in [0.3, 0.4) is 0 Å². The molecule has 1 aliphatic rings. The Morgan fingerprint density at radius 2 is 1.70 bits per heavy atom. The minimum Gasteiger partial charge on any atom is -0.334 e. The van der Waals surface area contributed by atoms with Crippen molar-refractivity contribution in [2.24, 2.45) is 0 Å². The van der Waals surface area contributed by atoms with Crippen LogP contribution in [0.2, 0.25) is 0 Å². The molecule has 2 aromatic carbocycles. The van der Waals surface area contributed by atoms with Crippen LogP contribution < -0.4 is 5.32 Å². The second kappa shape index (κ2) is 7.11. The van der Waals surface area contributed by atoms with E-state index in [2.05, 4.69) is 21.4 Å². The van der Waals surface area contributed by atoms with Gasteiger partial charge in [-0.1, -0.05) is 30.3 Å². The van der Waals surface area contributed by atoms with Gasteiger partial charge in [-0.25, -0.2) is 18.7 Å². The first kappa shape index (κ1) is 17.1. The molecule has 0 bridgehead atoms. The molecule has 136 valence electrons. The number of hydrogen-bond donors (Lipinski definition) is 1. The summed E-state index contributed by atoms with van der Waals surface area (Å²) in [6.45, 7) is 1.13. The third-order valence-electron chi connectivity index (χ3n) is 4.50. The minimum atomic E-state index is -0.732. The first-order valence-corrected chi connectivity index (χ1v) is 8.51. The number of nitrogens with zero attached hydrogens (tertiary/aromatic N) is 3. The van der Waals surface area contributed by atoms with Crippen molar-refractivity contribution in [3.05, 3.63) is 83.3 Å². The summed E-state index contributed by atoms with van der Waals surface area (Å²) in [5.41, 5.74) is 2.25. The van der Waals surface area contributed by atoms with Crippen LogP contribution in [0.25, 0.3) is 0 Å². The summed E-state index contributed by atoms with van der Waals surface area (Å²) in [5.74, 6) is -1.53. The van der Waals surface area contributed by atoms with Gasteiger partial charge in [0.05, 0.1) is 12.4 Å². The fraction of sp³-hybridized carbons (Fsp3) is 0.150. The molecular weight excluding hydrogens is 350 g/mol. The summed E-state index contributed by atoms with van der Waals surface area (Å²) in [5, 5.41) is 2.55. The summed E-state index contributed by atoms with van der Waals surface area (Å²) in [6.07, 6.45) is 3.39. The van der Waals surface area contributed by atoms with E-state index < -0.39 is 11.6 Å². The van der Waals surface area contributed by atoms with Gasteiger partial charge in [-0.15, -0.1) is 0 Å². The molecule has 0 fully saturated rings. The van der Waals surface area contributed by atoms with Gasteiger partial charge in [0.25, 0.3) is 5.91 Å². The number of carbonyl (C=O) groups is 1. The zero-order valence-electron chi connectivity index (χ0n) is 14.3. The molecule has 0 saturated heterocycles. The lowest BCUT2D eigenvalue weighted by atomic mass is 10.00. The fourth-order valence-corrected chi connectivity index (χ4v) is 3.08. The number of amides is 1. The van der Waals surface area contributed by atoms with Crippen molar-refractivity contribution in [2.45, 2.75) is 13.0 Å². The lowest BCUT2D eigenvalue weighted by Gasteiger charge is -2.28. The van der Waals surface area contributed by atoms with E-state index in [0.29, 0.717) is 13.1 Å². The molecule has 5 nitrogen and oxygen atoms in total. The van der Waals surface area contributed by atoms with E-state index in [1.165, 1.54) is 24.0 Å². The molecular formula is C20H16F2N4O. The zero-order valence-corrected chi connectivity index (χ0v) is 14.3. The van der Waals surface area contributed by atoms with Gasteiger partial charge >= 0.3 is 0 Å². The van der Waals surface area contributed by atoms with Crippen molar-refractivity contribution in [1.29, 1.82) is 0 Å². The van der Waals surface area contributed by atoms with Gasteiger partial charge in [0.2, 0.25) is 0 Å². The highest BCUT2D eigenvalue weighted by Crippen LogP contribution is 2.22. The van der Waals surface area contributed by atoms with Gasteiger partial charge in [0.1, 0.15) is 28.8 Å². The van der Waals surface area contributed by atoms with Crippen LogP contribution in [-0.2, 0) is 13.0 Å². The number of para-hydroxylation sites is 1. The van der Waals surface area contributed by atoms with Gasteiger partial charge in [-0.3, -0.25) is 4.79 Å². The number of halogens is 2. The Morgan fingerprint density at radius 3 is 2.41 bits per heavy atom. The molecule has 1 N–H and O–H groups in total. The number of carbonyl (C=O) groups excluding carboxylic acids is 1. The Labute approximate surface area is 154 Å². The van der Waals surface area contributed by atoms with Crippen LogP contribution in [0.4, 0.5) is 20.3 Å². The lowest BCUT2D eigenvalue weighted by molar-refractivity contribution is 0.0728. The minimum absolute atomic E-state index is 0.152. The van der Waals surface area contributed by atoms with E-state index in [-0.39, 0.29) is 23.1 Å². The molecule has 27 heavy (non-hydrogen) atoms. The predicted molar refractivity (Wildman–Crippen MR) is 96.6 cm³/mol. The van der Waals surface area contributed by atoms with E-state index in [1.54, 1.807) is 4.90 Å². The SMILES string of the molecule is O=C(c1cnc(Nc2c(F)cccc2F)cn1)N1CCc2ccccc2C1. The van der Waals surface area contributed by atoms with E-state index in [9.17, 15) is 13.6 Å². The van der Waals surface area contributed by atoms with Crippen molar-refractivity contribution in [3.8, 4) is 0 Å². The van der Waals surface area contributed by atoms with E-state index in [1.807, 2.05) is 18.2 Å². The zero-order chi connectivity index (χ0) is 18.8. The molecule has 0 atom stereocenters. The number of anilines is 2.